The van der Waals surface area contributed by atoms with Crippen LogP contribution < -0.4 is 19.1 Å². The molecule has 0 radical (unpaired) electrons. The molecular formula is C34H33N3O6S2. The molecule has 3 aromatic carbocycles. The van der Waals surface area contributed by atoms with Gasteiger partial charge in [0, 0.05) is 17.7 Å². The standard InChI is InChI=1S/C34H33N3O6S2/c1-5-41-26-14-11-22(17-27(26)42-6-2)29-28(30(38)23-12-13-25-24(16-23)15-20(4)43-25)31(39)32(40)37(29)33-35-36-34(45-33)44-18-21-9-7-19(3)8-10-21/h7-14,16-17,20,29,38H,5-6,15,18H2,1-4H3/b30-28+/t20-,29-/m0/s1. The molecule has 2 aliphatic rings. The summed E-state index contributed by atoms with van der Waals surface area (Å²) in [5, 5.41) is 20.6. The number of nitrogens with zero attached hydrogens (tertiary/aromatic N) is 3. The van der Waals surface area contributed by atoms with Gasteiger partial charge in [-0.25, -0.2) is 0 Å². The number of carbonyl (C=O) groups is 2. The largest absolute Gasteiger partial charge is 0.507 e. The Morgan fingerprint density at radius 1 is 1.02 bits per heavy atom. The number of ether oxygens (including phenoxy) is 3. The maximum atomic E-state index is 13.8. The molecule has 1 fully saturated rings. The van der Waals surface area contributed by atoms with Gasteiger partial charge in [0.05, 0.1) is 24.8 Å². The zero-order chi connectivity index (χ0) is 31.7. The molecule has 0 saturated carbocycles. The van der Waals surface area contributed by atoms with Crippen LogP contribution >= 0.6 is 23.1 Å². The Morgan fingerprint density at radius 2 is 1.78 bits per heavy atom. The summed E-state index contributed by atoms with van der Waals surface area (Å²) in [6.07, 6.45) is 0.692. The number of amides is 1. The van der Waals surface area contributed by atoms with Crippen molar-refractivity contribution in [2.75, 3.05) is 18.1 Å². The number of aromatic nitrogens is 2. The van der Waals surface area contributed by atoms with Gasteiger partial charge in [-0.05, 0) is 74.7 Å². The minimum absolute atomic E-state index is 0.0132. The monoisotopic (exact) mass is 643 g/mol. The Bertz CT molecular complexity index is 1780. The third-order valence-corrected chi connectivity index (χ3v) is 9.71. The highest BCUT2D eigenvalue weighted by molar-refractivity contribution is 8.00. The summed E-state index contributed by atoms with van der Waals surface area (Å²) in [4.78, 5) is 28.8. The average molecular weight is 644 g/mol. The van der Waals surface area contributed by atoms with Crippen LogP contribution in [0.5, 0.6) is 17.2 Å². The van der Waals surface area contributed by atoms with Crippen LogP contribution in [0.4, 0.5) is 5.13 Å². The molecule has 1 aromatic heterocycles. The molecule has 0 aliphatic carbocycles. The number of hydrogen-bond acceptors (Lipinski definition) is 10. The molecule has 1 N–H and O–H groups in total. The number of anilines is 1. The number of carbonyl (C=O) groups excluding carboxylic acids is 2. The van der Waals surface area contributed by atoms with E-state index in [1.54, 1.807) is 30.3 Å². The smallest absolute Gasteiger partial charge is 0.301 e. The molecule has 11 heteroatoms. The predicted molar refractivity (Wildman–Crippen MR) is 174 cm³/mol. The zero-order valence-electron chi connectivity index (χ0n) is 25.4. The van der Waals surface area contributed by atoms with Crippen molar-refractivity contribution in [3.05, 3.63) is 94.1 Å². The molecule has 3 heterocycles. The van der Waals surface area contributed by atoms with Gasteiger partial charge in [-0.1, -0.05) is 59.0 Å². The van der Waals surface area contributed by atoms with Crippen LogP contribution in [0.2, 0.25) is 0 Å². The maximum absolute atomic E-state index is 13.8. The Hall–Kier alpha value is -4.35. The van der Waals surface area contributed by atoms with E-state index in [1.165, 1.54) is 33.6 Å². The quantitative estimate of drug-likeness (QED) is 0.0650. The lowest BCUT2D eigenvalue weighted by molar-refractivity contribution is -0.132. The molecule has 0 bridgehead atoms. The number of Topliss-reactive ketones (excluding diaryl/α,β-unsaturated/α-hetero) is 1. The van der Waals surface area contributed by atoms with Crippen molar-refractivity contribution in [1.82, 2.24) is 10.2 Å². The van der Waals surface area contributed by atoms with Crippen LogP contribution in [0, 0.1) is 6.92 Å². The fourth-order valence-corrected chi connectivity index (χ4v) is 7.32. The van der Waals surface area contributed by atoms with E-state index in [-0.39, 0.29) is 22.6 Å². The highest BCUT2D eigenvalue weighted by Crippen LogP contribution is 2.46. The topological polar surface area (TPSA) is 111 Å². The molecular weight excluding hydrogens is 611 g/mol. The van der Waals surface area contributed by atoms with E-state index in [1.807, 2.05) is 33.8 Å². The van der Waals surface area contributed by atoms with Crippen LogP contribution in [0.3, 0.4) is 0 Å². The van der Waals surface area contributed by atoms with E-state index < -0.39 is 17.7 Å². The van der Waals surface area contributed by atoms with Gasteiger partial charge in [0.15, 0.2) is 15.8 Å². The number of aryl methyl sites for hydroxylation is 1. The van der Waals surface area contributed by atoms with Gasteiger partial charge in [0.1, 0.15) is 17.6 Å². The fourth-order valence-electron chi connectivity index (χ4n) is 5.50. The third-order valence-electron chi connectivity index (χ3n) is 7.58. The normalized spacial score (nSPS) is 18.6. The van der Waals surface area contributed by atoms with Crippen LogP contribution in [-0.4, -0.2) is 46.3 Å². The summed E-state index contributed by atoms with van der Waals surface area (Å²) in [6, 6.07) is 17.8. The minimum Gasteiger partial charge on any atom is -0.507 e. The summed E-state index contributed by atoms with van der Waals surface area (Å²) in [5.74, 6) is 0.559. The van der Waals surface area contributed by atoms with Gasteiger partial charge in [-0.3, -0.25) is 14.5 Å². The van der Waals surface area contributed by atoms with Crippen LogP contribution in [0.15, 0.2) is 70.6 Å². The summed E-state index contributed by atoms with van der Waals surface area (Å²) in [7, 11) is 0. The molecule has 9 nitrogen and oxygen atoms in total. The Balaban J connectivity index is 1.42. The lowest BCUT2D eigenvalue weighted by atomic mass is 9.94. The summed E-state index contributed by atoms with van der Waals surface area (Å²) >= 11 is 2.73. The second-order valence-corrected chi connectivity index (χ2v) is 13.0. The number of hydrogen-bond donors (Lipinski definition) is 1. The van der Waals surface area contributed by atoms with Gasteiger partial charge in [-0.15, -0.1) is 10.2 Å². The first kappa shape index (κ1) is 30.7. The molecule has 2 aliphatic heterocycles. The second-order valence-electron chi connectivity index (χ2n) is 10.8. The van der Waals surface area contributed by atoms with Gasteiger partial charge in [0.2, 0.25) is 5.13 Å². The summed E-state index contributed by atoms with van der Waals surface area (Å²) in [6.45, 7) is 8.58. The molecule has 6 rings (SSSR count). The van der Waals surface area contributed by atoms with E-state index >= 15 is 0 Å². The number of rotatable bonds is 10. The highest BCUT2D eigenvalue weighted by atomic mass is 32.2. The Kier molecular flexibility index (Phi) is 8.82. The van der Waals surface area contributed by atoms with Gasteiger partial charge in [-0.2, -0.15) is 0 Å². The van der Waals surface area contributed by atoms with Crippen LogP contribution in [0.25, 0.3) is 5.76 Å². The molecule has 0 spiro atoms. The van der Waals surface area contributed by atoms with Crippen LogP contribution in [-0.2, 0) is 21.8 Å². The molecule has 1 amide bonds. The fraction of sp³-hybridized carbons (Fsp3) is 0.294. The first-order valence-electron chi connectivity index (χ1n) is 14.8. The number of aliphatic hydroxyl groups excluding tert-OH is 1. The van der Waals surface area contributed by atoms with E-state index in [9.17, 15) is 14.7 Å². The first-order valence-corrected chi connectivity index (χ1v) is 16.6. The Labute approximate surface area is 269 Å². The molecule has 4 aromatic rings. The predicted octanol–water partition coefficient (Wildman–Crippen LogP) is 6.89. The maximum Gasteiger partial charge on any atom is 0.301 e. The lowest BCUT2D eigenvalue weighted by Gasteiger charge is -2.23. The van der Waals surface area contributed by atoms with E-state index in [4.69, 9.17) is 14.2 Å². The molecule has 45 heavy (non-hydrogen) atoms. The van der Waals surface area contributed by atoms with Gasteiger partial charge < -0.3 is 19.3 Å². The highest BCUT2D eigenvalue weighted by Gasteiger charge is 2.48. The minimum atomic E-state index is -0.980. The average Bonchev–Trinajstić information content (AvgIpc) is 3.72. The van der Waals surface area contributed by atoms with E-state index in [0.29, 0.717) is 52.4 Å². The number of fused-ring (bicyclic) bond motifs is 1. The van der Waals surface area contributed by atoms with Crippen molar-refractivity contribution >= 4 is 45.7 Å². The molecule has 232 valence electrons. The van der Waals surface area contributed by atoms with Crippen molar-refractivity contribution < 1.29 is 28.9 Å². The molecule has 0 unspecified atom stereocenters. The summed E-state index contributed by atoms with van der Waals surface area (Å²) in [5.41, 5.74) is 4.19. The second kappa shape index (κ2) is 12.9. The SMILES string of the molecule is CCOc1ccc([C@H]2/C(=C(\O)c3ccc4c(c3)C[C@H](C)O4)C(=O)C(=O)N2c2nnc(SCc3ccc(C)cc3)s2)cc1OCC. The van der Waals surface area contributed by atoms with Crippen molar-refractivity contribution in [1.29, 1.82) is 0 Å². The molecule has 2 atom stereocenters. The van der Waals surface area contributed by atoms with E-state index in [0.717, 1.165) is 16.9 Å². The Morgan fingerprint density at radius 3 is 2.53 bits per heavy atom. The van der Waals surface area contributed by atoms with Gasteiger partial charge in [0.25, 0.3) is 5.78 Å². The number of aliphatic hydroxyl groups is 1. The van der Waals surface area contributed by atoms with Gasteiger partial charge >= 0.3 is 5.91 Å². The molecule has 1 saturated heterocycles. The van der Waals surface area contributed by atoms with Crippen molar-refractivity contribution in [2.45, 2.75) is 56.4 Å². The lowest BCUT2D eigenvalue weighted by Crippen LogP contribution is -2.29. The number of thioether (sulfide) groups is 1. The summed E-state index contributed by atoms with van der Waals surface area (Å²) < 4.78 is 18.1. The first-order chi connectivity index (χ1) is 21.8. The number of ketones is 1. The third kappa shape index (κ3) is 6.14. The van der Waals surface area contributed by atoms with Crippen molar-refractivity contribution in [2.24, 2.45) is 0 Å². The van der Waals surface area contributed by atoms with Crippen LogP contribution in [0.1, 0.15) is 54.6 Å². The van der Waals surface area contributed by atoms with Crippen molar-refractivity contribution in [3.8, 4) is 17.2 Å². The van der Waals surface area contributed by atoms with E-state index in [2.05, 4.69) is 34.5 Å². The zero-order valence-corrected chi connectivity index (χ0v) is 27.0. The number of benzene rings is 3. The van der Waals surface area contributed by atoms with Crippen molar-refractivity contribution in [3.63, 3.8) is 0 Å².